The van der Waals surface area contributed by atoms with Crippen LogP contribution in [0.2, 0.25) is 0 Å². The topological polar surface area (TPSA) is 96.0 Å². The molecule has 1 unspecified atom stereocenters. The molecule has 0 aliphatic carbocycles. The van der Waals surface area contributed by atoms with Crippen LogP contribution >= 0.6 is 0 Å². The molecule has 114 valence electrons. The zero-order valence-corrected chi connectivity index (χ0v) is 12.4. The van der Waals surface area contributed by atoms with Gasteiger partial charge in [0, 0.05) is 19.6 Å². The minimum atomic E-state index is -3.37. The highest BCUT2D eigenvalue weighted by Gasteiger charge is 2.44. The molecule has 0 aromatic carbocycles. The van der Waals surface area contributed by atoms with Gasteiger partial charge in [0.15, 0.2) is 5.60 Å². The molecule has 0 saturated carbocycles. The van der Waals surface area contributed by atoms with Crippen molar-refractivity contribution in [3.05, 3.63) is 0 Å². The number of piperazine rings is 1. The predicted octanol–water partition coefficient (Wildman–Crippen LogP) is -2.00. The van der Waals surface area contributed by atoms with Gasteiger partial charge in [0.2, 0.25) is 15.9 Å². The number of amides is 2. The van der Waals surface area contributed by atoms with Crippen molar-refractivity contribution in [2.45, 2.75) is 12.5 Å². The summed E-state index contributed by atoms with van der Waals surface area (Å²) in [6.07, 6.45) is 1.11. The molecule has 2 aliphatic heterocycles. The average molecular weight is 305 g/mol. The van der Waals surface area contributed by atoms with E-state index in [1.807, 2.05) is 0 Å². The van der Waals surface area contributed by atoms with Crippen LogP contribution < -0.4 is 5.32 Å². The van der Waals surface area contributed by atoms with Crippen molar-refractivity contribution >= 4 is 21.8 Å². The third kappa shape index (κ3) is 3.10. The lowest BCUT2D eigenvalue weighted by molar-refractivity contribution is -0.165. The molecule has 2 amide bonds. The molecule has 1 atom stereocenters. The van der Waals surface area contributed by atoms with Crippen LogP contribution in [0.4, 0.5) is 0 Å². The standard InChI is InChI=1S/C11H19N3O5S/c1-11(8-14(5-6-19-11)20(2,17)18)10(16)13-4-3-12-9(15)7-13/h3-8H2,1-2H3,(H,12,15). The van der Waals surface area contributed by atoms with Gasteiger partial charge in [0.05, 0.1) is 26.0 Å². The molecule has 2 heterocycles. The third-order valence-electron chi connectivity index (χ3n) is 3.49. The lowest BCUT2D eigenvalue weighted by atomic mass is 10.0. The molecular formula is C11H19N3O5S. The van der Waals surface area contributed by atoms with Crippen LogP contribution in [0.1, 0.15) is 6.92 Å². The lowest BCUT2D eigenvalue weighted by Gasteiger charge is -2.41. The number of hydrogen-bond acceptors (Lipinski definition) is 5. The molecule has 0 aromatic heterocycles. The van der Waals surface area contributed by atoms with E-state index in [0.29, 0.717) is 13.1 Å². The van der Waals surface area contributed by atoms with Crippen LogP contribution in [0.15, 0.2) is 0 Å². The summed E-state index contributed by atoms with van der Waals surface area (Å²) in [5, 5.41) is 2.64. The summed E-state index contributed by atoms with van der Waals surface area (Å²) in [5.74, 6) is -0.565. The second kappa shape index (κ2) is 5.30. The number of carbonyl (C=O) groups excluding carboxylic acids is 2. The van der Waals surface area contributed by atoms with Crippen molar-refractivity contribution in [1.82, 2.24) is 14.5 Å². The van der Waals surface area contributed by atoms with Crippen LogP contribution in [0.25, 0.3) is 0 Å². The second-order valence-corrected chi connectivity index (χ2v) is 7.23. The first-order valence-electron chi connectivity index (χ1n) is 6.37. The molecule has 1 N–H and O–H groups in total. The highest BCUT2D eigenvalue weighted by Crippen LogP contribution is 2.22. The van der Waals surface area contributed by atoms with E-state index in [1.165, 1.54) is 9.21 Å². The number of hydrogen-bond donors (Lipinski definition) is 1. The number of morpholine rings is 1. The Balaban J connectivity index is 2.13. The van der Waals surface area contributed by atoms with Crippen LogP contribution in [-0.4, -0.2) is 80.6 Å². The molecule has 20 heavy (non-hydrogen) atoms. The first-order valence-corrected chi connectivity index (χ1v) is 8.22. The van der Waals surface area contributed by atoms with E-state index in [9.17, 15) is 18.0 Å². The molecule has 2 saturated heterocycles. The summed E-state index contributed by atoms with van der Waals surface area (Å²) in [7, 11) is -3.37. The van der Waals surface area contributed by atoms with E-state index in [-0.39, 0.29) is 38.1 Å². The van der Waals surface area contributed by atoms with Crippen LogP contribution in [0, 0.1) is 0 Å². The summed E-state index contributed by atoms with van der Waals surface area (Å²) in [5.41, 5.74) is -1.24. The van der Waals surface area contributed by atoms with Gasteiger partial charge in [-0.3, -0.25) is 9.59 Å². The molecular weight excluding hydrogens is 286 g/mol. The van der Waals surface area contributed by atoms with Gasteiger partial charge in [-0.2, -0.15) is 4.31 Å². The molecule has 9 heteroatoms. The number of nitrogens with one attached hydrogen (secondary N) is 1. The van der Waals surface area contributed by atoms with Gasteiger partial charge >= 0.3 is 0 Å². The zero-order valence-electron chi connectivity index (χ0n) is 11.6. The molecule has 2 fully saturated rings. The third-order valence-corrected chi connectivity index (χ3v) is 4.74. The molecule has 0 bridgehead atoms. The normalized spacial score (nSPS) is 29.1. The summed E-state index contributed by atoms with van der Waals surface area (Å²) in [6.45, 7) is 2.73. The number of rotatable bonds is 2. The molecule has 2 rings (SSSR count). The van der Waals surface area contributed by atoms with Crippen LogP contribution in [0.3, 0.4) is 0 Å². The first kappa shape index (κ1) is 15.2. The fourth-order valence-electron chi connectivity index (χ4n) is 2.39. The smallest absolute Gasteiger partial charge is 0.256 e. The predicted molar refractivity (Wildman–Crippen MR) is 70.4 cm³/mol. The van der Waals surface area contributed by atoms with Gasteiger partial charge < -0.3 is 15.0 Å². The van der Waals surface area contributed by atoms with E-state index >= 15 is 0 Å². The first-order chi connectivity index (χ1) is 9.22. The Bertz CT molecular complexity index is 520. The van der Waals surface area contributed by atoms with Crippen LogP contribution in [0.5, 0.6) is 0 Å². The summed E-state index contributed by atoms with van der Waals surface area (Å²) < 4.78 is 30.0. The van der Waals surface area contributed by atoms with Crippen molar-refractivity contribution in [3.63, 3.8) is 0 Å². The Morgan fingerprint density at radius 1 is 1.40 bits per heavy atom. The van der Waals surface area contributed by atoms with Crippen molar-refractivity contribution in [2.75, 3.05) is 45.6 Å². The highest BCUT2D eigenvalue weighted by molar-refractivity contribution is 7.88. The Kier molecular flexibility index (Phi) is 4.03. The van der Waals surface area contributed by atoms with E-state index in [2.05, 4.69) is 5.32 Å². The van der Waals surface area contributed by atoms with Crippen molar-refractivity contribution in [2.24, 2.45) is 0 Å². The Morgan fingerprint density at radius 2 is 2.10 bits per heavy atom. The van der Waals surface area contributed by atoms with Crippen molar-refractivity contribution in [1.29, 1.82) is 0 Å². The number of ether oxygens (including phenoxy) is 1. The van der Waals surface area contributed by atoms with Gasteiger partial charge in [-0.25, -0.2) is 8.42 Å². The quantitative estimate of drug-likeness (QED) is 0.636. The van der Waals surface area contributed by atoms with Gasteiger partial charge in [-0.15, -0.1) is 0 Å². The summed E-state index contributed by atoms with van der Waals surface area (Å²) >= 11 is 0. The molecule has 8 nitrogen and oxygen atoms in total. The van der Waals surface area contributed by atoms with E-state index in [1.54, 1.807) is 6.92 Å². The summed E-state index contributed by atoms with van der Waals surface area (Å²) in [6, 6.07) is 0. The highest BCUT2D eigenvalue weighted by atomic mass is 32.2. The second-order valence-electron chi connectivity index (χ2n) is 5.25. The largest absolute Gasteiger partial charge is 0.363 e. The Hall–Kier alpha value is -1.19. The summed E-state index contributed by atoms with van der Waals surface area (Å²) in [4.78, 5) is 25.2. The van der Waals surface area contributed by atoms with E-state index in [0.717, 1.165) is 6.26 Å². The lowest BCUT2D eigenvalue weighted by Crippen LogP contribution is -2.62. The molecule has 0 radical (unpaired) electrons. The number of carbonyl (C=O) groups is 2. The van der Waals surface area contributed by atoms with Gasteiger partial charge in [0.25, 0.3) is 5.91 Å². The maximum absolute atomic E-state index is 12.5. The van der Waals surface area contributed by atoms with Crippen molar-refractivity contribution < 1.29 is 22.7 Å². The fourth-order valence-corrected chi connectivity index (χ4v) is 3.28. The average Bonchev–Trinajstić information content (AvgIpc) is 2.37. The van der Waals surface area contributed by atoms with Gasteiger partial charge in [-0.05, 0) is 6.92 Å². The maximum Gasteiger partial charge on any atom is 0.256 e. The van der Waals surface area contributed by atoms with E-state index < -0.39 is 15.6 Å². The van der Waals surface area contributed by atoms with Crippen LogP contribution in [-0.2, 0) is 24.3 Å². The minimum absolute atomic E-state index is 0.0172. The minimum Gasteiger partial charge on any atom is -0.363 e. The monoisotopic (exact) mass is 305 g/mol. The molecule has 0 spiro atoms. The van der Waals surface area contributed by atoms with Gasteiger partial charge in [0.1, 0.15) is 0 Å². The Labute approximate surface area is 118 Å². The van der Waals surface area contributed by atoms with Gasteiger partial charge in [-0.1, -0.05) is 0 Å². The fraction of sp³-hybridized carbons (Fsp3) is 0.818. The Morgan fingerprint density at radius 3 is 2.70 bits per heavy atom. The molecule has 0 aromatic rings. The maximum atomic E-state index is 12.5. The van der Waals surface area contributed by atoms with Crippen molar-refractivity contribution in [3.8, 4) is 0 Å². The number of nitrogens with zero attached hydrogens (tertiary/aromatic N) is 2. The molecule has 2 aliphatic rings. The van der Waals surface area contributed by atoms with E-state index in [4.69, 9.17) is 4.74 Å². The zero-order chi connectivity index (χ0) is 15.0. The SMILES string of the molecule is CC1(C(=O)N2CCNC(=O)C2)CN(S(C)(=O)=O)CCO1. The number of sulfonamides is 1.